The number of nitrogens with two attached hydrogens (primary N) is 1. The Morgan fingerprint density at radius 3 is 2.26 bits per heavy atom. The van der Waals surface area contributed by atoms with Gasteiger partial charge in [0.1, 0.15) is 0 Å². The lowest BCUT2D eigenvalue weighted by atomic mass is 10.0. The molecule has 0 aromatic heterocycles. The molecule has 3 N–H and O–H groups in total. The van der Waals surface area contributed by atoms with Gasteiger partial charge in [0, 0.05) is 0 Å². The normalized spacial score (nSPS) is 14.9. The van der Waals surface area contributed by atoms with Crippen LogP contribution in [0, 0.1) is 12.3 Å². The van der Waals surface area contributed by atoms with Crippen molar-refractivity contribution in [2.24, 2.45) is 5.73 Å². The van der Waals surface area contributed by atoms with E-state index in [1.54, 1.807) is 0 Å². The van der Waals surface area contributed by atoms with Crippen molar-refractivity contribution in [3.8, 4) is 0 Å². The van der Waals surface area contributed by atoms with Crippen LogP contribution in [0.1, 0.15) is 38.8 Å². The first-order valence-corrected chi connectivity index (χ1v) is 7.64. The molecule has 1 aromatic rings. The molecule has 104 valence electrons. The van der Waals surface area contributed by atoms with Crippen LogP contribution in [0.5, 0.6) is 0 Å². The second-order valence-electron chi connectivity index (χ2n) is 6.02. The molecule has 0 aliphatic rings. The van der Waals surface area contributed by atoms with Gasteiger partial charge in [0.15, 0.2) is 0 Å². The summed E-state index contributed by atoms with van der Waals surface area (Å²) in [6.07, 6.45) is 1.90. The first-order chi connectivity index (χ1) is 8.69. The summed E-state index contributed by atoms with van der Waals surface area (Å²) in [5.41, 5.74) is 10.1. The molecule has 0 heterocycles. The maximum atomic E-state index is 8.10. The zero-order valence-electron chi connectivity index (χ0n) is 12.5. The van der Waals surface area contributed by atoms with Crippen LogP contribution in [0.3, 0.4) is 0 Å². The maximum Gasteiger partial charge on any atom is 0.0639 e. The van der Waals surface area contributed by atoms with E-state index in [1.165, 1.54) is 5.56 Å². The minimum Gasteiger partial charge on any atom is -0.319 e. The molecule has 2 atom stereocenters. The lowest BCUT2D eigenvalue weighted by Gasteiger charge is -2.23. The number of benzene rings is 1. The van der Waals surface area contributed by atoms with E-state index in [1.807, 2.05) is 13.0 Å². The predicted molar refractivity (Wildman–Crippen MR) is 88.6 cm³/mol. The fraction of sp³-hybridized carbons (Fsp3) is 0.438. The summed E-state index contributed by atoms with van der Waals surface area (Å²) in [4.78, 5) is 0. The van der Waals surface area contributed by atoms with E-state index in [2.05, 4.69) is 52.0 Å². The van der Waals surface area contributed by atoms with Crippen LogP contribution in [0.4, 0.5) is 0 Å². The lowest BCUT2D eigenvalue weighted by molar-refractivity contribution is 0.788. The monoisotopic (exact) mass is 276 g/mol. The van der Waals surface area contributed by atoms with Gasteiger partial charge in [0.25, 0.3) is 0 Å². The molecule has 1 aromatic carbocycles. The molecule has 2 nitrogen and oxygen atoms in total. The van der Waals surface area contributed by atoms with E-state index in [-0.39, 0.29) is 10.9 Å². The smallest absolute Gasteiger partial charge is 0.0639 e. The highest BCUT2D eigenvalue weighted by Crippen LogP contribution is 2.33. The van der Waals surface area contributed by atoms with Gasteiger partial charge in [-0.3, -0.25) is 0 Å². The molecule has 0 radical (unpaired) electrons. The van der Waals surface area contributed by atoms with Crippen molar-refractivity contribution >= 4 is 19.9 Å². The summed E-state index contributed by atoms with van der Waals surface area (Å²) in [6, 6.07) is 8.36. The Bertz CT molecular complexity index is 467. The Kier molecular flexibility index (Phi) is 5.46. The molecule has 0 saturated carbocycles. The van der Waals surface area contributed by atoms with Gasteiger partial charge in [-0.05, 0) is 36.2 Å². The number of aryl methyl sites for hydroxylation is 1. The zero-order chi connectivity index (χ0) is 14.6. The van der Waals surface area contributed by atoms with E-state index < -0.39 is 0 Å². The van der Waals surface area contributed by atoms with Crippen molar-refractivity contribution < 1.29 is 0 Å². The van der Waals surface area contributed by atoms with Gasteiger partial charge >= 0.3 is 0 Å². The van der Waals surface area contributed by atoms with Gasteiger partial charge in [0.2, 0.25) is 0 Å². The molecule has 19 heavy (non-hydrogen) atoms. The number of hydrogen-bond donors (Lipinski definition) is 2. The minimum absolute atomic E-state index is 0.166. The van der Waals surface area contributed by atoms with Crippen LogP contribution in [0.25, 0.3) is 5.57 Å². The van der Waals surface area contributed by atoms with Crippen LogP contribution in [0.15, 0.2) is 30.3 Å². The van der Waals surface area contributed by atoms with Gasteiger partial charge in [-0.1, -0.05) is 59.2 Å². The first-order valence-electron chi connectivity index (χ1n) is 6.56. The molecule has 0 saturated heterocycles. The largest absolute Gasteiger partial charge is 0.319 e. The standard InChI is InChI=1S/C16H25N2P/c1-11-6-8-13(9-7-11)12(2)10-14(17)15(18)19-16(3,4)5/h6-10,15,17,19H,18H2,1-5H3/b12-10+,17-14?. The van der Waals surface area contributed by atoms with Crippen LogP contribution in [-0.2, 0) is 0 Å². The summed E-state index contributed by atoms with van der Waals surface area (Å²) in [5, 5.41) is 8.28. The molecular formula is C16H25N2P. The third kappa shape index (κ3) is 5.67. The van der Waals surface area contributed by atoms with Crippen LogP contribution in [0.2, 0.25) is 0 Å². The molecule has 0 fully saturated rings. The Morgan fingerprint density at radius 1 is 1.26 bits per heavy atom. The van der Waals surface area contributed by atoms with Gasteiger partial charge in [-0.25, -0.2) is 0 Å². The summed E-state index contributed by atoms with van der Waals surface area (Å²) in [5.74, 6) is -0.166. The second kappa shape index (κ2) is 6.45. The summed E-state index contributed by atoms with van der Waals surface area (Å²) in [6.45, 7) is 10.6. The first kappa shape index (κ1) is 16.1. The zero-order valence-corrected chi connectivity index (χ0v) is 13.5. The molecule has 0 bridgehead atoms. The molecule has 1 rings (SSSR count). The SMILES string of the molecule is C/C(=C\C(=N)C(N)PC(C)(C)C)c1ccc(C)cc1. The lowest BCUT2D eigenvalue weighted by Crippen LogP contribution is -2.28. The topological polar surface area (TPSA) is 49.9 Å². The van der Waals surface area contributed by atoms with Crippen LogP contribution >= 0.6 is 8.58 Å². The van der Waals surface area contributed by atoms with E-state index >= 15 is 0 Å². The summed E-state index contributed by atoms with van der Waals surface area (Å²) in [7, 11) is 0.560. The number of rotatable bonds is 4. The molecule has 3 heteroatoms. The fourth-order valence-corrected chi connectivity index (χ4v) is 2.94. The van der Waals surface area contributed by atoms with Gasteiger partial charge in [0.05, 0.1) is 11.5 Å². The van der Waals surface area contributed by atoms with Crippen molar-refractivity contribution in [2.45, 2.75) is 45.6 Å². The van der Waals surface area contributed by atoms with Crippen molar-refractivity contribution in [1.82, 2.24) is 0 Å². The number of nitrogens with one attached hydrogen (secondary N) is 1. The third-order valence-electron chi connectivity index (χ3n) is 2.80. The van der Waals surface area contributed by atoms with Crippen molar-refractivity contribution in [3.05, 3.63) is 41.5 Å². The van der Waals surface area contributed by atoms with Crippen molar-refractivity contribution in [1.29, 1.82) is 5.41 Å². The molecule has 0 aliphatic heterocycles. The highest BCUT2D eigenvalue weighted by molar-refractivity contribution is 7.42. The summed E-state index contributed by atoms with van der Waals surface area (Å²) >= 11 is 0. The van der Waals surface area contributed by atoms with Crippen LogP contribution < -0.4 is 5.73 Å². The Morgan fingerprint density at radius 2 is 1.79 bits per heavy atom. The van der Waals surface area contributed by atoms with E-state index in [0.29, 0.717) is 14.3 Å². The quantitative estimate of drug-likeness (QED) is 0.629. The molecular weight excluding hydrogens is 251 g/mol. The Hall–Kier alpha value is -0.980. The number of allylic oxidation sites excluding steroid dienone is 1. The van der Waals surface area contributed by atoms with Crippen LogP contribution in [-0.4, -0.2) is 16.7 Å². The minimum atomic E-state index is -0.166. The highest BCUT2D eigenvalue weighted by atomic mass is 31.1. The average molecular weight is 276 g/mol. The third-order valence-corrected chi connectivity index (χ3v) is 4.29. The van der Waals surface area contributed by atoms with Crippen molar-refractivity contribution in [3.63, 3.8) is 0 Å². The van der Waals surface area contributed by atoms with E-state index in [0.717, 1.165) is 11.1 Å². The average Bonchev–Trinajstić information content (AvgIpc) is 2.27. The van der Waals surface area contributed by atoms with Gasteiger partial charge in [-0.2, -0.15) is 0 Å². The van der Waals surface area contributed by atoms with Crippen molar-refractivity contribution in [2.75, 3.05) is 0 Å². The second-order valence-corrected chi connectivity index (χ2v) is 8.43. The Balaban J connectivity index is 2.78. The van der Waals surface area contributed by atoms with Gasteiger partial charge in [-0.15, -0.1) is 0 Å². The number of hydrogen-bond acceptors (Lipinski definition) is 2. The summed E-state index contributed by atoms with van der Waals surface area (Å²) < 4.78 is 0. The molecule has 2 unspecified atom stereocenters. The highest BCUT2D eigenvalue weighted by Gasteiger charge is 2.17. The maximum absolute atomic E-state index is 8.10. The Labute approximate surface area is 118 Å². The molecule has 0 spiro atoms. The van der Waals surface area contributed by atoms with E-state index in [4.69, 9.17) is 11.1 Å². The predicted octanol–water partition coefficient (Wildman–Crippen LogP) is 4.18. The van der Waals surface area contributed by atoms with Gasteiger partial charge < -0.3 is 11.1 Å². The molecule has 0 amide bonds. The fourth-order valence-electron chi connectivity index (χ4n) is 1.77. The molecule has 0 aliphatic carbocycles. The van der Waals surface area contributed by atoms with E-state index in [9.17, 15) is 0 Å².